The van der Waals surface area contributed by atoms with Gasteiger partial charge in [-0.1, -0.05) is 30.3 Å². The number of nitrogens with two attached hydrogens (primary N) is 1. The Morgan fingerprint density at radius 3 is 2.53 bits per heavy atom. The zero-order valence-electron chi connectivity index (χ0n) is 15.9. The molecule has 9 nitrogen and oxygen atoms in total. The highest BCUT2D eigenvalue weighted by Gasteiger charge is 2.23. The smallest absolute Gasteiger partial charge is 0.340 e. The molecule has 10 heteroatoms. The molecule has 0 atom stereocenters. The van der Waals surface area contributed by atoms with E-state index in [-0.39, 0.29) is 17.9 Å². The molecule has 2 N–H and O–H groups in total. The van der Waals surface area contributed by atoms with Crippen molar-refractivity contribution < 1.29 is 14.3 Å². The molecule has 3 rings (SSSR count). The minimum absolute atomic E-state index is 0.0728. The predicted octanol–water partition coefficient (Wildman–Crippen LogP) is 1.37. The van der Waals surface area contributed by atoms with E-state index in [1.807, 2.05) is 6.07 Å². The monoisotopic (exact) mass is 472 g/mol. The number of Topliss-reactive ketones (excluding diaryl/α,β-unsaturated/α-hetero) is 1. The zero-order valence-corrected chi connectivity index (χ0v) is 17.5. The molecule has 0 saturated heterocycles. The van der Waals surface area contributed by atoms with Crippen molar-refractivity contribution in [3.63, 3.8) is 0 Å². The lowest BCUT2D eigenvalue weighted by Gasteiger charge is -2.14. The van der Waals surface area contributed by atoms with Gasteiger partial charge in [-0.3, -0.25) is 23.7 Å². The van der Waals surface area contributed by atoms with Gasteiger partial charge in [-0.2, -0.15) is 0 Å². The molecule has 0 aliphatic carbocycles. The summed E-state index contributed by atoms with van der Waals surface area (Å²) in [5.74, 6) is -1.88. The van der Waals surface area contributed by atoms with Crippen LogP contribution in [0.25, 0.3) is 0 Å². The molecule has 30 heavy (non-hydrogen) atoms. The van der Waals surface area contributed by atoms with Crippen LogP contribution in [0.15, 0.2) is 62.9 Å². The van der Waals surface area contributed by atoms with Gasteiger partial charge in [-0.15, -0.1) is 0 Å². The minimum Gasteiger partial charge on any atom is -0.454 e. The first kappa shape index (κ1) is 21.2. The summed E-state index contributed by atoms with van der Waals surface area (Å²) in [5.41, 5.74) is 4.98. The fourth-order valence-corrected chi connectivity index (χ4v) is 3.14. The summed E-state index contributed by atoms with van der Waals surface area (Å²) < 4.78 is 7.49. The fraction of sp³-hybridized carbons (Fsp3) is 0.150. The standard InChI is InChI=1S/C20H17BrN4O5/c1-24-18(27)16(15(26)11-30-19(28)13-7-14(21)9-23-8-13)17(22)25(20(24)29)10-12-5-3-2-4-6-12/h2-9H,10-11,22H2,1H3. The number of aromatic nitrogens is 3. The number of hydrogen-bond donors (Lipinski definition) is 1. The lowest BCUT2D eigenvalue weighted by molar-refractivity contribution is 0.0473. The number of carbonyl (C=O) groups is 2. The third-order valence-electron chi connectivity index (χ3n) is 4.32. The average molecular weight is 473 g/mol. The number of anilines is 1. The fourth-order valence-electron chi connectivity index (χ4n) is 2.77. The van der Waals surface area contributed by atoms with Crippen LogP contribution in [0, 0.1) is 0 Å². The average Bonchev–Trinajstić information content (AvgIpc) is 2.74. The van der Waals surface area contributed by atoms with E-state index in [4.69, 9.17) is 10.5 Å². The largest absolute Gasteiger partial charge is 0.454 e. The van der Waals surface area contributed by atoms with Gasteiger partial charge in [-0.25, -0.2) is 9.59 Å². The van der Waals surface area contributed by atoms with E-state index in [9.17, 15) is 19.2 Å². The van der Waals surface area contributed by atoms with E-state index in [0.717, 1.165) is 14.7 Å². The van der Waals surface area contributed by atoms with E-state index >= 15 is 0 Å². The van der Waals surface area contributed by atoms with Crippen LogP contribution in [0.2, 0.25) is 0 Å². The molecule has 2 aromatic heterocycles. The first-order chi connectivity index (χ1) is 14.3. The van der Waals surface area contributed by atoms with Gasteiger partial charge in [0.2, 0.25) is 5.78 Å². The topological polar surface area (TPSA) is 126 Å². The number of pyridine rings is 1. The van der Waals surface area contributed by atoms with Gasteiger partial charge in [0.15, 0.2) is 6.61 Å². The summed E-state index contributed by atoms with van der Waals surface area (Å²) in [5, 5.41) is 0. The van der Waals surface area contributed by atoms with Gasteiger partial charge in [0.25, 0.3) is 5.56 Å². The van der Waals surface area contributed by atoms with Crippen molar-refractivity contribution in [3.8, 4) is 0 Å². The number of halogens is 1. The van der Waals surface area contributed by atoms with E-state index in [2.05, 4.69) is 20.9 Å². The molecular formula is C20H17BrN4O5. The Morgan fingerprint density at radius 1 is 1.17 bits per heavy atom. The highest BCUT2D eigenvalue weighted by Crippen LogP contribution is 2.12. The molecule has 0 spiro atoms. The van der Waals surface area contributed by atoms with E-state index < -0.39 is 35.2 Å². The van der Waals surface area contributed by atoms with Gasteiger partial charge in [0.1, 0.15) is 11.4 Å². The van der Waals surface area contributed by atoms with Crippen molar-refractivity contribution in [1.82, 2.24) is 14.1 Å². The van der Waals surface area contributed by atoms with E-state index in [1.54, 1.807) is 24.3 Å². The third-order valence-corrected chi connectivity index (χ3v) is 4.75. The van der Waals surface area contributed by atoms with Crippen LogP contribution in [0.4, 0.5) is 5.82 Å². The van der Waals surface area contributed by atoms with Crippen molar-refractivity contribution in [2.24, 2.45) is 7.05 Å². The van der Waals surface area contributed by atoms with Crippen LogP contribution in [0.5, 0.6) is 0 Å². The highest BCUT2D eigenvalue weighted by molar-refractivity contribution is 9.10. The van der Waals surface area contributed by atoms with Crippen molar-refractivity contribution >= 4 is 33.5 Å². The number of rotatable bonds is 6. The molecule has 0 saturated carbocycles. The Morgan fingerprint density at radius 2 is 1.87 bits per heavy atom. The quantitative estimate of drug-likeness (QED) is 0.423. The summed E-state index contributed by atoms with van der Waals surface area (Å²) in [6, 6.07) is 10.5. The van der Waals surface area contributed by atoms with Gasteiger partial charge < -0.3 is 10.5 Å². The molecule has 0 unspecified atom stereocenters. The first-order valence-corrected chi connectivity index (χ1v) is 9.53. The molecule has 0 amide bonds. The third kappa shape index (κ3) is 4.38. The Hall–Kier alpha value is -3.53. The van der Waals surface area contributed by atoms with E-state index in [0.29, 0.717) is 4.47 Å². The van der Waals surface area contributed by atoms with E-state index in [1.165, 1.54) is 25.5 Å². The summed E-state index contributed by atoms with van der Waals surface area (Å²) in [6.07, 6.45) is 2.77. The van der Waals surface area contributed by atoms with Gasteiger partial charge in [-0.05, 0) is 27.6 Å². The molecule has 1 aromatic carbocycles. The molecule has 154 valence electrons. The number of carbonyl (C=O) groups excluding carboxylic acids is 2. The number of esters is 1. The van der Waals surface area contributed by atoms with Gasteiger partial charge in [0.05, 0.1) is 12.1 Å². The number of ether oxygens (including phenoxy) is 1. The number of benzene rings is 1. The normalized spacial score (nSPS) is 10.6. The summed E-state index contributed by atoms with van der Waals surface area (Å²) in [6.45, 7) is -0.641. The molecule has 0 bridgehead atoms. The molecule has 0 aliphatic heterocycles. The van der Waals surface area contributed by atoms with Crippen LogP contribution >= 0.6 is 15.9 Å². The van der Waals surface area contributed by atoms with Crippen LogP contribution in [0.3, 0.4) is 0 Å². The Balaban J connectivity index is 1.89. The number of nitrogen functional groups attached to an aromatic ring is 1. The maximum Gasteiger partial charge on any atom is 0.340 e. The zero-order chi connectivity index (χ0) is 21.8. The Labute approximate surface area is 178 Å². The second kappa shape index (κ2) is 8.87. The first-order valence-electron chi connectivity index (χ1n) is 8.73. The molecular weight excluding hydrogens is 456 g/mol. The van der Waals surface area contributed by atoms with Crippen LogP contribution in [-0.4, -0.2) is 32.5 Å². The summed E-state index contributed by atoms with van der Waals surface area (Å²) in [4.78, 5) is 53.6. The second-order valence-electron chi connectivity index (χ2n) is 6.37. The number of ketones is 1. The molecule has 0 radical (unpaired) electrons. The molecule has 3 aromatic rings. The summed E-state index contributed by atoms with van der Waals surface area (Å²) in [7, 11) is 1.25. The van der Waals surface area contributed by atoms with Gasteiger partial charge in [0, 0.05) is 23.9 Å². The SMILES string of the molecule is Cn1c(=O)c(C(=O)COC(=O)c2cncc(Br)c2)c(N)n(Cc2ccccc2)c1=O. The lowest BCUT2D eigenvalue weighted by atomic mass is 10.2. The van der Waals surface area contributed by atoms with Crippen molar-refractivity contribution in [2.45, 2.75) is 6.54 Å². The number of nitrogens with zero attached hydrogens (tertiary/aromatic N) is 3. The molecule has 2 heterocycles. The maximum atomic E-state index is 12.6. The maximum absolute atomic E-state index is 12.6. The molecule has 0 fully saturated rings. The Kier molecular flexibility index (Phi) is 6.26. The predicted molar refractivity (Wildman–Crippen MR) is 112 cm³/mol. The van der Waals surface area contributed by atoms with Crippen LogP contribution < -0.4 is 17.0 Å². The Bertz CT molecular complexity index is 1230. The van der Waals surface area contributed by atoms with Gasteiger partial charge >= 0.3 is 11.7 Å². The van der Waals surface area contributed by atoms with Crippen LogP contribution in [0.1, 0.15) is 26.3 Å². The second-order valence-corrected chi connectivity index (χ2v) is 7.29. The molecule has 0 aliphatic rings. The lowest BCUT2D eigenvalue weighted by Crippen LogP contribution is -2.43. The highest BCUT2D eigenvalue weighted by atomic mass is 79.9. The van der Waals surface area contributed by atoms with Crippen molar-refractivity contribution in [1.29, 1.82) is 0 Å². The van der Waals surface area contributed by atoms with Crippen LogP contribution in [-0.2, 0) is 18.3 Å². The number of hydrogen-bond acceptors (Lipinski definition) is 7. The van der Waals surface area contributed by atoms with Crippen molar-refractivity contribution in [3.05, 3.63) is 90.8 Å². The van der Waals surface area contributed by atoms with Crippen molar-refractivity contribution in [2.75, 3.05) is 12.3 Å². The summed E-state index contributed by atoms with van der Waals surface area (Å²) >= 11 is 3.19. The minimum atomic E-state index is -0.855.